The van der Waals surface area contributed by atoms with Gasteiger partial charge in [0.15, 0.2) is 0 Å². The molecule has 1 unspecified atom stereocenters. The van der Waals surface area contributed by atoms with E-state index in [0.29, 0.717) is 11.3 Å². The van der Waals surface area contributed by atoms with Crippen LogP contribution in [0, 0.1) is 0 Å². The van der Waals surface area contributed by atoms with Crippen molar-refractivity contribution in [3.8, 4) is 0 Å². The quantitative estimate of drug-likeness (QED) is 0.635. The number of aromatic nitrogens is 2. The van der Waals surface area contributed by atoms with Gasteiger partial charge in [-0.25, -0.2) is 4.98 Å². The molecule has 1 aromatic rings. The number of fused-ring (bicyclic) bond motifs is 3. The summed E-state index contributed by atoms with van der Waals surface area (Å²) in [5.74, 6) is 2.03. The van der Waals surface area contributed by atoms with Crippen molar-refractivity contribution in [2.24, 2.45) is 0 Å². The van der Waals surface area contributed by atoms with E-state index >= 15 is 0 Å². The van der Waals surface area contributed by atoms with E-state index in [1.165, 1.54) is 43.7 Å². The SMILES string of the molecule is CC1CCCn2c1nc1c2CCC1(C)C. The normalized spacial score (nSPS) is 27.5. The Kier molecular flexibility index (Phi) is 1.80. The highest BCUT2D eigenvalue weighted by Crippen LogP contribution is 2.41. The van der Waals surface area contributed by atoms with Gasteiger partial charge in [-0.3, -0.25) is 0 Å². The summed E-state index contributed by atoms with van der Waals surface area (Å²) >= 11 is 0. The van der Waals surface area contributed by atoms with Crippen LogP contribution in [0.1, 0.15) is 63.2 Å². The molecule has 1 aliphatic carbocycles. The number of imidazole rings is 1. The maximum Gasteiger partial charge on any atom is 0.112 e. The highest BCUT2D eigenvalue weighted by atomic mass is 15.1. The van der Waals surface area contributed by atoms with E-state index in [0.717, 1.165) is 0 Å². The lowest BCUT2D eigenvalue weighted by Gasteiger charge is -2.21. The molecule has 0 radical (unpaired) electrons. The van der Waals surface area contributed by atoms with Crippen molar-refractivity contribution in [2.45, 2.75) is 64.3 Å². The average molecular weight is 204 g/mol. The van der Waals surface area contributed by atoms with Crippen LogP contribution in [0.3, 0.4) is 0 Å². The maximum absolute atomic E-state index is 4.93. The van der Waals surface area contributed by atoms with Gasteiger partial charge in [0.05, 0.1) is 5.69 Å². The van der Waals surface area contributed by atoms with Crippen LogP contribution in [0.15, 0.2) is 0 Å². The molecule has 2 heteroatoms. The topological polar surface area (TPSA) is 17.8 Å². The minimum Gasteiger partial charge on any atom is -0.332 e. The van der Waals surface area contributed by atoms with Crippen LogP contribution >= 0.6 is 0 Å². The van der Waals surface area contributed by atoms with Gasteiger partial charge in [-0.1, -0.05) is 20.8 Å². The predicted octanol–water partition coefficient (Wildman–Crippen LogP) is 3.00. The van der Waals surface area contributed by atoms with Crippen molar-refractivity contribution in [3.63, 3.8) is 0 Å². The summed E-state index contributed by atoms with van der Waals surface area (Å²) in [4.78, 5) is 4.93. The lowest BCUT2D eigenvalue weighted by molar-refractivity contribution is 0.443. The lowest BCUT2D eigenvalue weighted by Crippen LogP contribution is -2.16. The van der Waals surface area contributed by atoms with Crippen LogP contribution in [0.25, 0.3) is 0 Å². The van der Waals surface area contributed by atoms with Crippen molar-refractivity contribution in [2.75, 3.05) is 0 Å². The molecule has 0 N–H and O–H groups in total. The second-order valence-corrected chi connectivity index (χ2v) is 5.84. The molecule has 0 aromatic carbocycles. The van der Waals surface area contributed by atoms with E-state index < -0.39 is 0 Å². The molecule has 1 aromatic heterocycles. The van der Waals surface area contributed by atoms with Crippen LogP contribution in [-0.2, 0) is 18.4 Å². The molecule has 1 aliphatic heterocycles. The maximum atomic E-state index is 4.93. The average Bonchev–Trinajstić information content (AvgIpc) is 2.67. The smallest absolute Gasteiger partial charge is 0.112 e. The van der Waals surface area contributed by atoms with Crippen LogP contribution in [-0.4, -0.2) is 9.55 Å². The molecule has 2 nitrogen and oxygen atoms in total. The molecule has 0 saturated carbocycles. The molecule has 0 amide bonds. The van der Waals surface area contributed by atoms with E-state index in [9.17, 15) is 0 Å². The zero-order valence-corrected chi connectivity index (χ0v) is 10.0. The Morgan fingerprint density at radius 2 is 2.20 bits per heavy atom. The summed E-state index contributed by atoms with van der Waals surface area (Å²) in [5.41, 5.74) is 3.26. The fourth-order valence-electron chi connectivity index (χ4n) is 3.16. The molecule has 0 fully saturated rings. The minimum absolute atomic E-state index is 0.319. The zero-order valence-electron chi connectivity index (χ0n) is 10.0. The molecule has 2 heterocycles. The van der Waals surface area contributed by atoms with Crippen molar-refractivity contribution < 1.29 is 0 Å². The number of hydrogen-bond acceptors (Lipinski definition) is 1. The van der Waals surface area contributed by atoms with Crippen molar-refractivity contribution in [3.05, 3.63) is 17.2 Å². The molecule has 0 bridgehead atoms. The van der Waals surface area contributed by atoms with E-state index in [4.69, 9.17) is 4.98 Å². The summed E-state index contributed by atoms with van der Waals surface area (Å²) in [5, 5.41) is 0. The summed E-state index contributed by atoms with van der Waals surface area (Å²) < 4.78 is 2.51. The summed E-state index contributed by atoms with van der Waals surface area (Å²) in [6, 6.07) is 0. The van der Waals surface area contributed by atoms with Gasteiger partial charge in [-0.2, -0.15) is 0 Å². The number of nitrogens with zero attached hydrogens (tertiary/aromatic N) is 2. The van der Waals surface area contributed by atoms with E-state index in [1.807, 2.05) is 0 Å². The van der Waals surface area contributed by atoms with Gasteiger partial charge in [0.25, 0.3) is 0 Å². The Bertz CT molecular complexity index is 401. The van der Waals surface area contributed by atoms with Gasteiger partial charge in [-0.05, 0) is 25.7 Å². The van der Waals surface area contributed by atoms with Gasteiger partial charge in [0.2, 0.25) is 0 Å². The lowest BCUT2D eigenvalue weighted by atomic mass is 9.91. The van der Waals surface area contributed by atoms with Crippen molar-refractivity contribution >= 4 is 0 Å². The molecule has 15 heavy (non-hydrogen) atoms. The van der Waals surface area contributed by atoms with Gasteiger partial charge < -0.3 is 4.57 Å². The standard InChI is InChI=1S/C13H20N2/c1-9-5-4-8-15-10-6-7-13(2,3)11(10)14-12(9)15/h9H,4-8H2,1-3H3. The number of hydrogen-bond donors (Lipinski definition) is 0. The van der Waals surface area contributed by atoms with Gasteiger partial charge in [-0.15, -0.1) is 0 Å². The Labute approximate surface area is 91.7 Å². The van der Waals surface area contributed by atoms with Gasteiger partial charge >= 0.3 is 0 Å². The summed E-state index contributed by atoms with van der Waals surface area (Å²) in [6.07, 6.45) is 5.16. The molecular formula is C13H20N2. The predicted molar refractivity (Wildman–Crippen MR) is 61.2 cm³/mol. The fraction of sp³-hybridized carbons (Fsp3) is 0.769. The third-order valence-corrected chi connectivity index (χ3v) is 4.19. The highest BCUT2D eigenvalue weighted by molar-refractivity contribution is 5.32. The van der Waals surface area contributed by atoms with E-state index in [1.54, 1.807) is 5.69 Å². The molecule has 1 atom stereocenters. The van der Waals surface area contributed by atoms with Crippen molar-refractivity contribution in [1.82, 2.24) is 9.55 Å². The molecular weight excluding hydrogens is 184 g/mol. The molecule has 0 spiro atoms. The first-order valence-electron chi connectivity index (χ1n) is 6.19. The van der Waals surface area contributed by atoms with Crippen LogP contribution < -0.4 is 0 Å². The van der Waals surface area contributed by atoms with E-state index in [2.05, 4.69) is 25.3 Å². The van der Waals surface area contributed by atoms with Crippen molar-refractivity contribution in [1.29, 1.82) is 0 Å². The van der Waals surface area contributed by atoms with E-state index in [-0.39, 0.29) is 0 Å². The second kappa shape index (κ2) is 2.87. The fourth-order valence-corrected chi connectivity index (χ4v) is 3.16. The second-order valence-electron chi connectivity index (χ2n) is 5.84. The third-order valence-electron chi connectivity index (χ3n) is 4.19. The summed E-state index contributed by atoms with van der Waals surface area (Å²) in [6.45, 7) is 8.20. The first-order chi connectivity index (χ1) is 7.09. The first kappa shape index (κ1) is 9.44. The summed E-state index contributed by atoms with van der Waals surface area (Å²) in [7, 11) is 0. The molecule has 0 saturated heterocycles. The Morgan fingerprint density at radius 3 is 3.00 bits per heavy atom. The zero-order chi connectivity index (χ0) is 10.6. The largest absolute Gasteiger partial charge is 0.332 e. The van der Waals surface area contributed by atoms with Gasteiger partial charge in [0.1, 0.15) is 5.82 Å². The molecule has 3 rings (SSSR count). The van der Waals surface area contributed by atoms with Crippen LogP contribution in [0.4, 0.5) is 0 Å². The third kappa shape index (κ3) is 1.20. The minimum atomic E-state index is 0.319. The monoisotopic (exact) mass is 204 g/mol. The number of rotatable bonds is 0. The Balaban J connectivity index is 2.16. The van der Waals surface area contributed by atoms with Gasteiger partial charge in [0, 0.05) is 23.6 Å². The molecule has 82 valence electrons. The highest BCUT2D eigenvalue weighted by Gasteiger charge is 2.37. The Morgan fingerprint density at radius 1 is 1.40 bits per heavy atom. The van der Waals surface area contributed by atoms with Crippen LogP contribution in [0.5, 0.6) is 0 Å². The van der Waals surface area contributed by atoms with Crippen LogP contribution in [0.2, 0.25) is 0 Å². The first-order valence-corrected chi connectivity index (χ1v) is 6.19. The Hall–Kier alpha value is -0.790. The molecule has 2 aliphatic rings.